The van der Waals surface area contributed by atoms with Gasteiger partial charge in [0.05, 0.1) is 7.11 Å². The van der Waals surface area contributed by atoms with Crippen LogP contribution in [-0.2, 0) is 16.0 Å². The van der Waals surface area contributed by atoms with Crippen LogP contribution in [0.1, 0.15) is 29.5 Å². The lowest BCUT2D eigenvalue weighted by Crippen LogP contribution is -2.06. The Labute approximate surface area is 88.3 Å². The van der Waals surface area contributed by atoms with E-state index < -0.39 is 5.97 Å². The molecule has 0 bridgehead atoms. The number of pyridine rings is 1. The number of nitrogens with zero attached hydrogens (tertiary/aromatic N) is 1. The van der Waals surface area contributed by atoms with Gasteiger partial charge in [-0.15, -0.1) is 0 Å². The highest BCUT2D eigenvalue weighted by Crippen LogP contribution is 2.04. The van der Waals surface area contributed by atoms with Crippen molar-refractivity contribution in [2.45, 2.75) is 19.8 Å². The molecule has 80 valence electrons. The van der Waals surface area contributed by atoms with Crippen LogP contribution in [0.4, 0.5) is 0 Å². The van der Waals surface area contributed by atoms with Crippen LogP contribution in [0.15, 0.2) is 18.2 Å². The first-order chi connectivity index (χ1) is 7.13. The second-order valence-corrected chi connectivity index (χ2v) is 3.21. The molecule has 0 unspecified atom stereocenters. The van der Waals surface area contributed by atoms with Gasteiger partial charge in [0.15, 0.2) is 0 Å². The second kappa shape index (κ2) is 5.24. The molecule has 1 aromatic heterocycles. The van der Waals surface area contributed by atoms with E-state index in [1.807, 2.05) is 0 Å². The summed E-state index contributed by atoms with van der Waals surface area (Å²) in [6, 6.07) is 5.10. The van der Waals surface area contributed by atoms with Crippen LogP contribution in [0, 0.1) is 0 Å². The number of carbonyl (C=O) groups excluding carboxylic acids is 2. The van der Waals surface area contributed by atoms with Gasteiger partial charge in [0.2, 0.25) is 0 Å². The molecule has 4 nitrogen and oxygen atoms in total. The van der Waals surface area contributed by atoms with Gasteiger partial charge in [-0.05, 0) is 25.5 Å². The van der Waals surface area contributed by atoms with Gasteiger partial charge in [-0.25, -0.2) is 9.78 Å². The standard InChI is InChI=1S/C11H13NO3/c1-8(13)6-7-9-4-3-5-10(12-9)11(14)15-2/h3-5H,6-7H2,1-2H3. The van der Waals surface area contributed by atoms with Crippen molar-refractivity contribution in [3.05, 3.63) is 29.6 Å². The molecule has 0 saturated carbocycles. The van der Waals surface area contributed by atoms with Crippen molar-refractivity contribution in [1.82, 2.24) is 4.98 Å². The third-order valence-corrected chi connectivity index (χ3v) is 1.93. The van der Waals surface area contributed by atoms with Gasteiger partial charge in [0.25, 0.3) is 0 Å². The summed E-state index contributed by atoms with van der Waals surface area (Å²) in [6.45, 7) is 1.53. The zero-order chi connectivity index (χ0) is 11.3. The number of aromatic nitrogens is 1. The van der Waals surface area contributed by atoms with E-state index in [-0.39, 0.29) is 11.5 Å². The van der Waals surface area contributed by atoms with E-state index in [1.165, 1.54) is 14.0 Å². The Morgan fingerprint density at radius 2 is 2.13 bits per heavy atom. The molecular formula is C11H13NO3. The topological polar surface area (TPSA) is 56.3 Å². The molecule has 4 heteroatoms. The quantitative estimate of drug-likeness (QED) is 0.700. The van der Waals surface area contributed by atoms with E-state index >= 15 is 0 Å². The summed E-state index contributed by atoms with van der Waals surface area (Å²) in [4.78, 5) is 26.0. The lowest BCUT2D eigenvalue weighted by molar-refractivity contribution is -0.116. The lowest BCUT2D eigenvalue weighted by atomic mass is 10.1. The summed E-state index contributed by atoms with van der Waals surface area (Å²) in [5.41, 5.74) is 1.01. The zero-order valence-electron chi connectivity index (χ0n) is 8.82. The molecule has 0 radical (unpaired) electrons. The van der Waals surface area contributed by atoms with E-state index in [9.17, 15) is 9.59 Å². The summed E-state index contributed by atoms with van der Waals surface area (Å²) >= 11 is 0. The monoisotopic (exact) mass is 207 g/mol. The van der Waals surface area contributed by atoms with Crippen LogP contribution >= 0.6 is 0 Å². The summed E-state index contributed by atoms with van der Waals surface area (Å²) < 4.78 is 4.55. The molecule has 15 heavy (non-hydrogen) atoms. The molecule has 0 aliphatic carbocycles. The van der Waals surface area contributed by atoms with E-state index in [4.69, 9.17) is 0 Å². The Morgan fingerprint density at radius 1 is 1.40 bits per heavy atom. The Kier molecular flexibility index (Phi) is 3.97. The minimum absolute atomic E-state index is 0.111. The molecule has 0 aliphatic heterocycles. The Bertz CT molecular complexity index is 374. The van der Waals surface area contributed by atoms with E-state index in [0.29, 0.717) is 12.8 Å². The van der Waals surface area contributed by atoms with Gasteiger partial charge < -0.3 is 9.53 Å². The number of aryl methyl sites for hydroxylation is 1. The van der Waals surface area contributed by atoms with Crippen molar-refractivity contribution in [2.75, 3.05) is 7.11 Å². The van der Waals surface area contributed by atoms with Crippen LogP contribution in [0.3, 0.4) is 0 Å². The fourth-order valence-electron chi connectivity index (χ4n) is 1.14. The molecule has 0 saturated heterocycles. The second-order valence-electron chi connectivity index (χ2n) is 3.21. The number of hydrogen-bond acceptors (Lipinski definition) is 4. The van der Waals surface area contributed by atoms with Crippen LogP contribution in [0.5, 0.6) is 0 Å². The third-order valence-electron chi connectivity index (χ3n) is 1.93. The predicted molar refractivity (Wildman–Crippen MR) is 54.6 cm³/mol. The van der Waals surface area contributed by atoms with E-state index in [2.05, 4.69) is 9.72 Å². The molecule has 1 heterocycles. The van der Waals surface area contributed by atoms with Crippen LogP contribution in [0.2, 0.25) is 0 Å². The molecule has 1 rings (SSSR count). The largest absolute Gasteiger partial charge is 0.464 e. The number of carbonyl (C=O) groups is 2. The smallest absolute Gasteiger partial charge is 0.356 e. The zero-order valence-corrected chi connectivity index (χ0v) is 8.82. The summed E-state index contributed by atoms with van der Waals surface area (Å²) in [5, 5.41) is 0. The van der Waals surface area contributed by atoms with Crippen molar-refractivity contribution in [2.24, 2.45) is 0 Å². The molecular weight excluding hydrogens is 194 g/mol. The molecule has 0 amide bonds. The van der Waals surface area contributed by atoms with Gasteiger partial charge in [-0.1, -0.05) is 6.07 Å². The van der Waals surface area contributed by atoms with Crippen molar-refractivity contribution >= 4 is 11.8 Å². The maximum Gasteiger partial charge on any atom is 0.356 e. The van der Waals surface area contributed by atoms with Crippen LogP contribution in [0.25, 0.3) is 0 Å². The van der Waals surface area contributed by atoms with Crippen molar-refractivity contribution in [1.29, 1.82) is 0 Å². The Morgan fingerprint density at radius 3 is 2.73 bits per heavy atom. The highest BCUT2D eigenvalue weighted by molar-refractivity contribution is 5.87. The van der Waals surface area contributed by atoms with Crippen LogP contribution < -0.4 is 0 Å². The first-order valence-electron chi connectivity index (χ1n) is 4.67. The van der Waals surface area contributed by atoms with Crippen molar-refractivity contribution in [3.8, 4) is 0 Å². The van der Waals surface area contributed by atoms with Crippen LogP contribution in [-0.4, -0.2) is 23.8 Å². The Balaban J connectivity index is 2.74. The van der Waals surface area contributed by atoms with Gasteiger partial charge in [0.1, 0.15) is 11.5 Å². The van der Waals surface area contributed by atoms with Gasteiger partial charge in [-0.3, -0.25) is 0 Å². The first kappa shape index (κ1) is 11.4. The summed E-state index contributed by atoms with van der Waals surface area (Å²) in [6.07, 6.45) is 0.998. The van der Waals surface area contributed by atoms with Gasteiger partial charge in [0, 0.05) is 12.1 Å². The average Bonchev–Trinajstić information content (AvgIpc) is 2.25. The number of esters is 1. The lowest BCUT2D eigenvalue weighted by Gasteiger charge is -2.01. The van der Waals surface area contributed by atoms with E-state index in [1.54, 1.807) is 18.2 Å². The highest BCUT2D eigenvalue weighted by Gasteiger charge is 2.07. The minimum Gasteiger partial charge on any atom is -0.464 e. The highest BCUT2D eigenvalue weighted by atomic mass is 16.5. The molecule has 0 aromatic carbocycles. The number of Topliss-reactive ketones (excluding diaryl/α,β-unsaturated/α-hetero) is 1. The fraction of sp³-hybridized carbons (Fsp3) is 0.364. The number of rotatable bonds is 4. The number of ether oxygens (including phenoxy) is 1. The number of hydrogen-bond donors (Lipinski definition) is 0. The normalized spacial score (nSPS) is 9.73. The molecule has 1 aromatic rings. The number of ketones is 1. The van der Waals surface area contributed by atoms with Crippen molar-refractivity contribution < 1.29 is 14.3 Å². The molecule has 0 spiro atoms. The summed E-state index contributed by atoms with van der Waals surface area (Å²) in [5.74, 6) is -0.347. The van der Waals surface area contributed by atoms with Gasteiger partial charge in [-0.2, -0.15) is 0 Å². The molecule has 0 N–H and O–H groups in total. The first-order valence-corrected chi connectivity index (χ1v) is 4.67. The maximum atomic E-state index is 11.2. The minimum atomic E-state index is -0.459. The molecule has 0 aliphatic rings. The number of methoxy groups -OCH3 is 1. The maximum absolute atomic E-state index is 11.2. The molecule has 0 fully saturated rings. The molecule has 0 atom stereocenters. The fourth-order valence-corrected chi connectivity index (χ4v) is 1.14. The SMILES string of the molecule is COC(=O)c1cccc(CCC(C)=O)n1. The predicted octanol–water partition coefficient (Wildman–Crippen LogP) is 1.39. The summed E-state index contributed by atoms with van der Waals surface area (Å²) in [7, 11) is 1.31. The van der Waals surface area contributed by atoms with Crippen molar-refractivity contribution in [3.63, 3.8) is 0 Å². The van der Waals surface area contributed by atoms with E-state index in [0.717, 1.165) is 5.69 Å². The average molecular weight is 207 g/mol. The van der Waals surface area contributed by atoms with Gasteiger partial charge >= 0.3 is 5.97 Å². The Hall–Kier alpha value is -1.71. The third kappa shape index (κ3) is 3.50.